The van der Waals surface area contributed by atoms with Gasteiger partial charge in [0.15, 0.2) is 0 Å². The van der Waals surface area contributed by atoms with Crippen molar-refractivity contribution < 1.29 is 4.74 Å². The predicted octanol–water partition coefficient (Wildman–Crippen LogP) is 2.16. The van der Waals surface area contributed by atoms with Crippen LogP contribution in [0.5, 0.6) is 5.75 Å². The molecule has 1 aromatic rings. The molecule has 0 amide bonds. The van der Waals surface area contributed by atoms with Crippen molar-refractivity contribution in [2.75, 3.05) is 51.0 Å². The SMILES string of the molecule is CN/C=C(\C=N)c1cc(N)c(OC)cc1N1CCN(C2(C)CC2)CC1. The van der Waals surface area contributed by atoms with Gasteiger partial charge < -0.3 is 26.1 Å². The van der Waals surface area contributed by atoms with Crippen LogP contribution in [0.15, 0.2) is 18.3 Å². The number of piperazine rings is 1. The molecule has 6 nitrogen and oxygen atoms in total. The first-order valence-corrected chi connectivity index (χ1v) is 8.88. The molecule has 0 spiro atoms. The fourth-order valence-electron chi connectivity index (χ4n) is 3.59. The van der Waals surface area contributed by atoms with Gasteiger partial charge >= 0.3 is 0 Å². The zero-order chi connectivity index (χ0) is 18.0. The maximum atomic E-state index is 7.77. The molecule has 0 radical (unpaired) electrons. The van der Waals surface area contributed by atoms with Crippen LogP contribution in [0.25, 0.3) is 5.57 Å². The van der Waals surface area contributed by atoms with Crippen LogP contribution >= 0.6 is 0 Å². The standard InChI is InChI=1S/C19H29N5O/c1-19(4-5-19)24-8-6-23(7-9-24)17-11-18(25-3)16(21)10-15(17)14(12-20)13-22-2/h10-13,20,22H,4-9,21H2,1-3H3/b14-13+,20-12?. The minimum atomic E-state index is 0.430. The molecule has 1 aliphatic carbocycles. The minimum absolute atomic E-state index is 0.430. The number of nitrogen functional groups attached to an aromatic ring is 1. The van der Waals surface area contributed by atoms with Crippen LogP contribution in [0.3, 0.4) is 0 Å². The predicted molar refractivity (Wildman–Crippen MR) is 105 cm³/mol. The monoisotopic (exact) mass is 343 g/mol. The molecule has 0 bridgehead atoms. The number of ether oxygens (including phenoxy) is 1. The lowest BCUT2D eigenvalue weighted by Gasteiger charge is -2.40. The van der Waals surface area contributed by atoms with Crippen molar-refractivity contribution in [3.8, 4) is 5.75 Å². The maximum absolute atomic E-state index is 7.77. The van der Waals surface area contributed by atoms with E-state index in [9.17, 15) is 0 Å². The van der Waals surface area contributed by atoms with Gasteiger partial charge in [-0.1, -0.05) is 0 Å². The highest BCUT2D eigenvalue weighted by atomic mass is 16.5. The van der Waals surface area contributed by atoms with Crippen LogP contribution in [-0.2, 0) is 0 Å². The van der Waals surface area contributed by atoms with E-state index >= 15 is 0 Å². The third-order valence-electron chi connectivity index (χ3n) is 5.47. The Hall–Kier alpha value is -2.21. The van der Waals surface area contributed by atoms with E-state index in [2.05, 4.69) is 22.0 Å². The van der Waals surface area contributed by atoms with Gasteiger partial charge in [0, 0.05) is 74.1 Å². The summed E-state index contributed by atoms with van der Waals surface area (Å²) >= 11 is 0. The molecule has 0 aromatic heterocycles. The van der Waals surface area contributed by atoms with E-state index in [1.165, 1.54) is 19.1 Å². The summed E-state index contributed by atoms with van der Waals surface area (Å²) in [6.07, 6.45) is 5.83. The Morgan fingerprint density at radius 3 is 2.48 bits per heavy atom. The van der Waals surface area contributed by atoms with Crippen molar-refractivity contribution >= 4 is 23.2 Å². The molecule has 0 atom stereocenters. The van der Waals surface area contributed by atoms with Crippen molar-refractivity contribution in [2.45, 2.75) is 25.3 Å². The summed E-state index contributed by atoms with van der Waals surface area (Å²) in [4.78, 5) is 4.99. The Morgan fingerprint density at radius 1 is 1.28 bits per heavy atom. The topological polar surface area (TPSA) is 77.6 Å². The van der Waals surface area contributed by atoms with Crippen molar-refractivity contribution in [3.63, 3.8) is 0 Å². The van der Waals surface area contributed by atoms with Crippen LogP contribution in [0.2, 0.25) is 0 Å². The van der Waals surface area contributed by atoms with E-state index in [1.807, 2.05) is 25.4 Å². The first kappa shape index (κ1) is 17.6. The number of benzene rings is 1. The Bertz CT molecular complexity index is 673. The Kier molecular flexibility index (Phi) is 4.90. The summed E-state index contributed by atoms with van der Waals surface area (Å²) in [6, 6.07) is 3.92. The molecule has 136 valence electrons. The summed E-state index contributed by atoms with van der Waals surface area (Å²) < 4.78 is 5.44. The summed E-state index contributed by atoms with van der Waals surface area (Å²) in [5.74, 6) is 0.684. The second-order valence-corrected chi connectivity index (χ2v) is 7.12. The number of hydrogen-bond donors (Lipinski definition) is 3. The van der Waals surface area contributed by atoms with Crippen LogP contribution in [0.4, 0.5) is 11.4 Å². The number of anilines is 2. The normalized spacial score (nSPS) is 20.3. The van der Waals surface area contributed by atoms with E-state index in [1.54, 1.807) is 7.11 Å². The van der Waals surface area contributed by atoms with Crippen molar-refractivity contribution in [2.24, 2.45) is 0 Å². The first-order chi connectivity index (χ1) is 12.0. The summed E-state index contributed by atoms with van der Waals surface area (Å²) in [5.41, 5.74) is 10.0. The number of nitrogens with two attached hydrogens (primary N) is 1. The highest BCUT2D eigenvalue weighted by Crippen LogP contribution is 2.42. The fraction of sp³-hybridized carbons (Fsp3) is 0.526. The van der Waals surface area contributed by atoms with Gasteiger partial charge in [0.1, 0.15) is 5.75 Å². The number of hydrogen-bond acceptors (Lipinski definition) is 6. The summed E-state index contributed by atoms with van der Waals surface area (Å²) in [6.45, 7) is 6.45. The smallest absolute Gasteiger partial charge is 0.143 e. The third kappa shape index (κ3) is 3.44. The molecule has 25 heavy (non-hydrogen) atoms. The molecule has 4 N–H and O–H groups in total. The average Bonchev–Trinajstić information content (AvgIpc) is 3.38. The number of methoxy groups -OCH3 is 1. The zero-order valence-electron chi connectivity index (χ0n) is 15.4. The van der Waals surface area contributed by atoms with Gasteiger partial charge in [-0.05, 0) is 25.8 Å². The molecule has 0 unspecified atom stereocenters. The van der Waals surface area contributed by atoms with Crippen molar-refractivity contribution in [3.05, 3.63) is 23.9 Å². The van der Waals surface area contributed by atoms with Crippen LogP contribution in [0, 0.1) is 5.41 Å². The highest BCUT2D eigenvalue weighted by molar-refractivity contribution is 6.11. The second kappa shape index (κ2) is 6.96. The Morgan fingerprint density at radius 2 is 1.96 bits per heavy atom. The fourth-order valence-corrected chi connectivity index (χ4v) is 3.59. The van der Waals surface area contributed by atoms with Gasteiger partial charge in [0.2, 0.25) is 0 Å². The highest BCUT2D eigenvalue weighted by Gasteiger charge is 2.44. The molecule has 6 heteroatoms. The van der Waals surface area contributed by atoms with Gasteiger partial charge in [-0.2, -0.15) is 0 Å². The molecular weight excluding hydrogens is 314 g/mol. The number of nitrogens with one attached hydrogen (secondary N) is 2. The van der Waals surface area contributed by atoms with E-state index in [0.29, 0.717) is 17.0 Å². The second-order valence-electron chi connectivity index (χ2n) is 7.12. The molecule has 1 saturated heterocycles. The van der Waals surface area contributed by atoms with Crippen LogP contribution in [-0.4, -0.2) is 57.0 Å². The van der Waals surface area contributed by atoms with Crippen LogP contribution < -0.4 is 20.7 Å². The Balaban J connectivity index is 1.91. The van der Waals surface area contributed by atoms with Gasteiger partial charge in [-0.25, -0.2) is 0 Å². The molecule has 3 rings (SSSR count). The molecule has 1 aromatic carbocycles. The molecule has 1 saturated carbocycles. The third-order valence-corrected chi connectivity index (χ3v) is 5.47. The van der Waals surface area contributed by atoms with E-state index in [0.717, 1.165) is 43.0 Å². The lowest BCUT2D eigenvalue weighted by Crippen LogP contribution is -2.50. The minimum Gasteiger partial charge on any atom is -0.495 e. The first-order valence-electron chi connectivity index (χ1n) is 8.88. The molecular formula is C19H29N5O. The summed E-state index contributed by atoms with van der Waals surface area (Å²) in [5, 5.41) is 10.8. The van der Waals surface area contributed by atoms with Gasteiger partial charge in [0.25, 0.3) is 0 Å². The lowest BCUT2D eigenvalue weighted by atomic mass is 10.0. The molecule has 2 fully saturated rings. The number of rotatable bonds is 6. The van der Waals surface area contributed by atoms with Gasteiger partial charge in [0.05, 0.1) is 12.8 Å². The summed E-state index contributed by atoms with van der Waals surface area (Å²) in [7, 11) is 3.48. The lowest BCUT2D eigenvalue weighted by molar-refractivity contribution is 0.180. The molecule has 1 heterocycles. The number of nitrogens with zero attached hydrogens (tertiary/aromatic N) is 2. The molecule has 1 aliphatic heterocycles. The van der Waals surface area contributed by atoms with E-state index in [-0.39, 0.29) is 0 Å². The van der Waals surface area contributed by atoms with Crippen LogP contribution in [0.1, 0.15) is 25.3 Å². The van der Waals surface area contributed by atoms with E-state index < -0.39 is 0 Å². The van der Waals surface area contributed by atoms with Crippen molar-refractivity contribution in [1.82, 2.24) is 10.2 Å². The number of allylic oxidation sites excluding steroid dienone is 1. The zero-order valence-corrected chi connectivity index (χ0v) is 15.4. The largest absolute Gasteiger partial charge is 0.495 e. The van der Waals surface area contributed by atoms with Crippen molar-refractivity contribution in [1.29, 1.82) is 5.41 Å². The molecule has 2 aliphatic rings. The quantitative estimate of drug-likeness (QED) is 0.545. The van der Waals surface area contributed by atoms with Gasteiger partial charge in [-0.15, -0.1) is 0 Å². The Labute approximate surface area is 150 Å². The average molecular weight is 343 g/mol. The van der Waals surface area contributed by atoms with Gasteiger partial charge in [-0.3, -0.25) is 4.90 Å². The maximum Gasteiger partial charge on any atom is 0.143 e. The van der Waals surface area contributed by atoms with E-state index in [4.69, 9.17) is 15.9 Å².